The van der Waals surface area contributed by atoms with E-state index in [0.29, 0.717) is 16.7 Å². The van der Waals surface area contributed by atoms with Crippen molar-refractivity contribution in [3.8, 4) is 5.75 Å². The summed E-state index contributed by atoms with van der Waals surface area (Å²) in [5, 5.41) is 1.46. The molecule has 0 aliphatic rings. The lowest BCUT2D eigenvalue weighted by Gasteiger charge is -2.10. The number of rotatable bonds is 5. The Morgan fingerprint density at radius 2 is 1.60 bits per heavy atom. The zero-order valence-corrected chi connectivity index (χ0v) is 13.5. The second kappa shape index (κ2) is 7.13. The average Bonchev–Trinajstić information content (AvgIpc) is 2.65. The largest absolute Gasteiger partial charge is 0.496 e. The van der Waals surface area contributed by atoms with Crippen LogP contribution in [-0.4, -0.2) is 25.5 Å². The van der Waals surface area contributed by atoms with Crippen LogP contribution >= 0.6 is 0 Å². The van der Waals surface area contributed by atoms with E-state index in [9.17, 15) is 14.0 Å². The molecule has 0 amide bonds. The van der Waals surface area contributed by atoms with E-state index in [0.717, 1.165) is 5.39 Å². The van der Waals surface area contributed by atoms with E-state index < -0.39 is 24.2 Å². The molecule has 0 aromatic heterocycles. The van der Waals surface area contributed by atoms with Crippen LogP contribution < -0.4 is 4.74 Å². The monoisotopic (exact) mass is 338 g/mol. The van der Waals surface area contributed by atoms with E-state index in [4.69, 9.17) is 9.47 Å². The number of carbonyl (C=O) groups is 2. The van der Waals surface area contributed by atoms with Gasteiger partial charge in [0, 0.05) is 10.9 Å². The lowest BCUT2D eigenvalue weighted by Crippen LogP contribution is -2.14. The summed E-state index contributed by atoms with van der Waals surface area (Å²) in [7, 11) is 1.56. The quantitative estimate of drug-likeness (QED) is 0.521. The van der Waals surface area contributed by atoms with Gasteiger partial charge >= 0.3 is 5.97 Å². The summed E-state index contributed by atoms with van der Waals surface area (Å²) in [6, 6.07) is 15.7. The molecule has 4 nitrogen and oxygen atoms in total. The SMILES string of the molecule is COc1ccc(C(=O)OCC(=O)c2ccc(F)cc2)c2ccccc12. The first-order valence-corrected chi connectivity index (χ1v) is 7.62. The molecule has 0 spiro atoms. The van der Waals surface area contributed by atoms with Crippen molar-refractivity contribution >= 4 is 22.5 Å². The summed E-state index contributed by atoms with van der Waals surface area (Å²) in [5.41, 5.74) is 0.636. The van der Waals surface area contributed by atoms with Gasteiger partial charge in [-0.2, -0.15) is 0 Å². The van der Waals surface area contributed by atoms with Crippen molar-refractivity contribution in [2.75, 3.05) is 13.7 Å². The first-order valence-electron chi connectivity index (χ1n) is 7.62. The van der Waals surface area contributed by atoms with Gasteiger partial charge in [0.15, 0.2) is 12.4 Å². The highest BCUT2D eigenvalue weighted by molar-refractivity contribution is 6.07. The Labute approximate surface area is 143 Å². The van der Waals surface area contributed by atoms with Crippen LogP contribution in [0.3, 0.4) is 0 Å². The first kappa shape index (κ1) is 16.6. The van der Waals surface area contributed by atoms with Gasteiger partial charge in [0.25, 0.3) is 0 Å². The lowest BCUT2D eigenvalue weighted by molar-refractivity contribution is 0.0476. The molecular formula is C20H15FO4. The van der Waals surface area contributed by atoms with Gasteiger partial charge in [-0.05, 0) is 41.8 Å². The van der Waals surface area contributed by atoms with Gasteiger partial charge in [-0.15, -0.1) is 0 Å². The van der Waals surface area contributed by atoms with E-state index in [1.807, 2.05) is 18.2 Å². The van der Waals surface area contributed by atoms with E-state index >= 15 is 0 Å². The minimum absolute atomic E-state index is 0.286. The number of carbonyl (C=O) groups excluding carboxylic acids is 2. The molecule has 0 radical (unpaired) electrons. The predicted octanol–water partition coefficient (Wildman–Crippen LogP) is 4.03. The van der Waals surface area contributed by atoms with E-state index in [-0.39, 0.29) is 5.56 Å². The smallest absolute Gasteiger partial charge is 0.339 e. The summed E-state index contributed by atoms with van der Waals surface area (Å²) in [4.78, 5) is 24.4. The first-order chi connectivity index (χ1) is 12.1. The zero-order valence-electron chi connectivity index (χ0n) is 13.5. The summed E-state index contributed by atoms with van der Waals surface area (Å²) in [6.07, 6.45) is 0. The van der Waals surface area contributed by atoms with Gasteiger partial charge in [0.1, 0.15) is 11.6 Å². The van der Waals surface area contributed by atoms with Crippen LogP contribution in [0.1, 0.15) is 20.7 Å². The summed E-state index contributed by atoms with van der Waals surface area (Å²) in [5.74, 6) is -0.784. The van der Waals surface area contributed by atoms with E-state index in [2.05, 4.69) is 0 Å². The average molecular weight is 338 g/mol. The molecule has 0 aliphatic heterocycles. The number of ether oxygens (including phenoxy) is 2. The van der Waals surface area contributed by atoms with Crippen LogP contribution in [0.15, 0.2) is 60.7 Å². The van der Waals surface area contributed by atoms with Gasteiger partial charge in [-0.3, -0.25) is 4.79 Å². The summed E-state index contributed by atoms with van der Waals surface area (Å²) in [6.45, 7) is -0.412. The standard InChI is InChI=1S/C20H15FO4/c1-24-19-11-10-17(15-4-2-3-5-16(15)19)20(23)25-12-18(22)13-6-8-14(21)9-7-13/h2-11H,12H2,1H3. The molecule has 0 bridgehead atoms. The molecule has 0 fully saturated rings. The Hall–Kier alpha value is -3.21. The minimum atomic E-state index is -0.602. The maximum atomic E-state index is 12.9. The fraction of sp³-hybridized carbons (Fsp3) is 0.100. The van der Waals surface area contributed by atoms with Crippen LogP contribution in [0.2, 0.25) is 0 Å². The van der Waals surface area contributed by atoms with Crippen LogP contribution in [0, 0.1) is 5.82 Å². The van der Waals surface area contributed by atoms with Gasteiger partial charge in [-0.1, -0.05) is 24.3 Å². The zero-order chi connectivity index (χ0) is 17.8. The number of esters is 1. The van der Waals surface area contributed by atoms with Gasteiger partial charge in [0.2, 0.25) is 0 Å². The highest BCUT2D eigenvalue weighted by Gasteiger charge is 2.16. The van der Waals surface area contributed by atoms with Crippen molar-refractivity contribution in [1.29, 1.82) is 0 Å². The molecule has 5 heteroatoms. The van der Waals surface area contributed by atoms with Crippen LogP contribution in [0.5, 0.6) is 5.75 Å². The molecule has 25 heavy (non-hydrogen) atoms. The Morgan fingerprint density at radius 1 is 0.920 bits per heavy atom. The maximum absolute atomic E-state index is 12.9. The molecule has 0 heterocycles. The third-order valence-corrected chi connectivity index (χ3v) is 3.82. The summed E-state index contributed by atoms with van der Waals surface area (Å²) >= 11 is 0. The number of fused-ring (bicyclic) bond motifs is 1. The highest BCUT2D eigenvalue weighted by atomic mass is 19.1. The topological polar surface area (TPSA) is 52.6 Å². The molecule has 0 atom stereocenters. The number of Topliss-reactive ketones (excluding diaryl/α,β-unsaturated/α-hetero) is 1. The Balaban J connectivity index is 1.79. The number of halogens is 1. The predicted molar refractivity (Wildman–Crippen MR) is 91.5 cm³/mol. The number of benzene rings is 3. The third-order valence-electron chi connectivity index (χ3n) is 3.82. The highest BCUT2D eigenvalue weighted by Crippen LogP contribution is 2.28. The lowest BCUT2D eigenvalue weighted by atomic mass is 10.0. The fourth-order valence-corrected chi connectivity index (χ4v) is 2.56. The van der Waals surface area contributed by atoms with Crippen molar-refractivity contribution in [3.05, 3.63) is 77.6 Å². The second-order valence-corrected chi connectivity index (χ2v) is 5.37. The normalized spacial score (nSPS) is 10.5. The number of methoxy groups -OCH3 is 1. The van der Waals surface area contributed by atoms with E-state index in [1.165, 1.54) is 24.3 Å². The molecule has 3 aromatic carbocycles. The molecule has 0 unspecified atom stereocenters. The molecule has 3 rings (SSSR count). The third kappa shape index (κ3) is 3.50. The van der Waals surface area contributed by atoms with Crippen LogP contribution in [-0.2, 0) is 4.74 Å². The van der Waals surface area contributed by atoms with Gasteiger partial charge < -0.3 is 9.47 Å². The van der Waals surface area contributed by atoms with Crippen LogP contribution in [0.25, 0.3) is 10.8 Å². The molecule has 0 saturated carbocycles. The van der Waals surface area contributed by atoms with Crippen molar-refractivity contribution in [2.45, 2.75) is 0 Å². The molecule has 0 aliphatic carbocycles. The fourth-order valence-electron chi connectivity index (χ4n) is 2.56. The van der Waals surface area contributed by atoms with Gasteiger partial charge in [0.05, 0.1) is 12.7 Å². The molecule has 3 aromatic rings. The van der Waals surface area contributed by atoms with E-state index in [1.54, 1.807) is 25.3 Å². The number of ketones is 1. The Morgan fingerprint density at radius 3 is 2.28 bits per heavy atom. The number of hydrogen-bond donors (Lipinski definition) is 0. The minimum Gasteiger partial charge on any atom is -0.496 e. The molecule has 126 valence electrons. The molecule has 0 N–H and O–H groups in total. The van der Waals surface area contributed by atoms with Gasteiger partial charge in [-0.25, -0.2) is 9.18 Å². The maximum Gasteiger partial charge on any atom is 0.339 e. The van der Waals surface area contributed by atoms with Crippen molar-refractivity contribution in [1.82, 2.24) is 0 Å². The summed E-state index contributed by atoms with van der Waals surface area (Å²) < 4.78 is 23.3. The molecular weight excluding hydrogens is 323 g/mol. The van der Waals surface area contributed by atoms with Crippen LogP contribution in [0.4, 0.5) is 4.39 Å². The Kier molecular flexibility index (Phi) is 4.75. The van der Waals surface area contributed by atoms with Crippen molar-refractivity contribution in [2.24, 2.45) is 0 Å². The second-order valence-electron chi connectivity index (χ2n) is 5.37. The van der Waals surface area contributed by atoms with Crippen molar-refractivity contribution < 1.29 is 23.5 Å². The van der Waals surface area contributed by atoms with Crippen molar-refractivity contribution in [3.63, 3.8) is 0 Å². The molecule has 0 saturated heterocycles. The number of hydrogen-bond acceptors (Lipinski definition) is 4. The Bertz CT molecular complexity index is 932.